The van der Waals surface area contributed by atoms with Crippen molar-refractivity contribution >= 4 is 22.4 Å². The van der Waals surface area contributed by atoms with Crippen LogP contribution in [0.2, 0.25) is 0 Å². The van der Waals surface area contributed by atoms with Crippen LogP contribution in [0.1, 0.15) is 23.9 Å². The third-order valence-electron chi connectivity index (χ3n) is 2.31. The molecule has 0 bridgehead atoms. The van der Waals surface area contributed by atoms with Gasteiger partial charge in [-0.05, 0) is 12.1 Å². The van der Waals surface area contributed by atoms with Gasteiger partial charge in [-0.25, -0.2) is 0 Å². The highest BCUT2D eigenvalue weighted by Gasteiger charge is 2.13. The zero-order chi connectivity index (χ0) is 11.7. The summed E-state index contributed by atoms with van der Waals surface area (Å²) in [6.45, 7) is 1.73. The quantitative estimate of drug-likeness (QED) is 0.452. The van der Waals surface area contributed by atoms with Crippen LogP contribution in [0.25, 0.3) is 11.0 Å². The van der Waals surface area contributed by atoms with Crippen LogP contribution < -0.4 is 0 Å². The molecule has 0 atom stereocenters. The number of nitrogens with zero attached hydrogens (tertiary/aromatic N) is 1. The molecule has 0 saturated heterocycles. The second-order valence-electron chi connectivity index (χ2n) is 3.37. The number of ketones is 1. The third kappa shape index (κ3) is 1.67. The van der Waals surface area contributed by atoms with Crippen molar-refractivity contribution in [2.75, 3.05) is 0 Å². The zero-order valence-electron chi connectivity index (χ0n) is 8.60. The summed E-state index contributed by atoms with van der Waals surface area (Å²) in [7, 11) is 0. The van der Waals surface area contributed by atoms with Crippen LogP contribution in [0.3, 0.4) is 0 Å². The van der Waals surface area contributed by atoms with Crippen LogP contribution >= 0.6 is 0 Å². The molecule has 0 unspecified atom stereocenters. The van der Waals surface area contributed by atoms with Crippen LogP contribution in [0.4, 0.5) is 5.69 Å². The van der Waals surface area contributed by atoms with E-state index >= 15 is 0 Å². The van der Waals surface area contributed by atoms with Crippen molar-refractivity contribution in [2.24, 2.45) is 0 Å². The van der Waals surface area contributed by atoms with E-state index in [1.807, 2.05) is 0 Å². The highest BCUT2D eigenvalue weighted by molar-refractivity contribution is 5.97. The van der Waals surface area contributed by atoms with Gasteiger partial charge in [-0.2, -0.15) is 0 Å². The number of fused-ring (bicyclic) bond motifs is 1. The summed E-state index contributed by atoms with van der Waals surface area (Å²) in [5.74, 6) is 0.136. The first-order chi connectivity index (χ1) is 7.61. The number of Topliss-reactive ketones (excluding diaryl/α,β-unsaturated/α-hetero) is 1. The number of hydrogen-bond donors (Lipinski definition) is 0. The Hall–Kier alpha value is -2.17. The monoisotopic (exact) mass is 219 g/mol. The van der Waals surface area contributed by atoms with E-state index in [2.05, 4.69) is 0 Å². The van der Waals surface area contributed by atoms with E-state index in [1.165, 1.54) is 24.3 Å². The van der Waals surface area contributed by atoms with E-state index in [9.17, 15) is 14.9 Å². The maximum atomic E-state index is 11.4. The number of nitro groups is 1. The lowest BCUT2D eigenvalue weighted by Crippen LogP contribution is -1.92. The fourth-order valence-electron chi connectivity index (χ4n) is 1.46. The third-order valence-corrected chi connectivity index (χ3v) is 2.31. The SMILES string of the molecule is CCC(=O)c1cc2cc([N+](=O)[O-])ccc2o1. The Balaban J connectivity index is 2.54. The largest absolute Gasteiger partial charge is 0.453 e. The molecule has 0 aliphatic rings. The highest BCUT2D eigenvalue weighted by Crippen LogP contribution is 2.24. The molecule has 1 aromatic carbocycles. The van der Waals surface area contributed by atoms with Crippen molar-refractivity contribution in [3.63, 3.8) is 0 Å². The maximum absolute atomic E-state index is 11.4. The van der Waals surface area contributed by atoms with Crippen LogP contribution in [0, 0.1) is 10.1 Å². The Morgan fingerprint density at radius 3 is 2.81 bits per heavy atom. The second kappa shape index (κ2) is 3.77. The lowest BCUT2D eigenvalue weighted by atomic mass is 10.2. The number of carbonyl (C=O) groups is 1. The molecule has 0 fully saturated rings. The molecule has 5 heteroatoms. The van der Waals surface area contributed by atoms with Crippen molar-refractivity contribution in [2.45, 2.75) is 13.3 Å². The molecule has 0 radical (unpaired) electrons. The van der Waals surface area contributed by atoms with Crippen molar-refractivity contribution in [3.8, 4) is 0 Å². The van der Waals surface area contributed by atoms with E-state index in [-0.39, 0.29) is 17.2 Å². The second-order valence-corrected chi connectivity index (χ2v) is 3.37. The first-order valence-electron chi connectivity index (χ1n) is 4.83. The number of non-ortho nitro benzene ring substituents is 1. The maximum Gasteiger partial charge on any atom is 0.270 e. The van der Waals surface area contributed by atoms with Crippen LogP contribution in [0.5, 0.6) is 0 Å². The van der Waals surface area contributed by atoms with Gasteiger partial charge in [0.05, 0.1) is 4.92 Å². The predicted molar refractivity (Wildman–Crippen MR) is 57.5 cm³/mol. The molecule has 0 aliphatic carbocycles. The molecule has 82 valence electrons. The fraction of sp³-hybridized carbons (Fsp3) is 0.182. The van der Waals surface area contributed by atoms with Gasteiger partial charge in [-0.3, -0.25) is 14.9 Å². The standard InChI is InChI=1S/C11H9NO4/c1-2-9(13)11-6-7-5-8(12(14)15)3-4-10(7)16-11/h3-6H,2H2,1H3. The minimum absolute atomic E-state index is 0.0104. The van der Waals surface area contributed by atoms with Crippen molar-refractivity contribution in [1.82, 2.24) is 0 Å². The fourth-order valence-corrected chi connectivity index (χ4v) is 1.46. The van der Waals surface area contributed by atoms with E-state index in [0.29, 0.717) is 17.4 Å². The first kappa shape index (κ1) is 10.4. The van der Waals surface area contributed by atoms with Gasteiger partial charge < -0.3 is 4.42 Å². The summed E-state index contributed by atoms with van der Waals surface area (Å²) in [5, 5.41) is 11.1. The molecule has 0 saturated carbocycles. The summed E-state index contributed by atoms with van der Waals surface area (Å²) in [4.78, 5) is 21.4. The Morgan fingerprint density at radius 2 is 2.19 bits per heavy atom. The molecule has 0 N–H and O–H groups in total. The van der Waals surface area contributed by atoms with Gasteiger partial charge >= 0.3 is 0 Å². The van der Waals surface area contributed by atoms with Gasteiger partial charge in [0.2, 0.25) is 0 Å². The minimum Gasteiger partial charge on any atom is -0.453 e. The Labute approximate surface area is 90.8 Å². The van der Waals surface area contributed by atoms with Gasteiger partial charge in [0, 0.05) is 23.9 Å². The molecule has 0 spiro atoms. The lowest BCUT2D eigenvalue weighted by Gasteiger charge is -1.89. The van der Waals surface area contributed by atoms with Crippen LogP contribution in [-0.2, 0) is 0 Å². The number of carbonyl (C=O) groups excluding carboxylic acids is 1. The molecule has 0 amide bonds. The number of benzene rings is 1. The molecule has 2 aromatic rings. The average Bonchev–Trinajstić information content (AvgIpc) is 2.70. The first-order valence-corrected chi connectivity index (χ1v) is 4.83. The van der Waals surface area contributed by atoms with Crippen molar-refractivity contribution in [3.05, 3.63) is 40.1 Å². The van der Waals surface area contributed by atoms with Gasteiger partial charge in [-0.15, -0.1) is 0 Å². The van der Waals surface area contributed by atoms with E-state index in [4.69, 9.17) is 4.42 Å². The van der Waals surface area contributed by atoms with Crippen molar-refractivity contribution in [1.29, 1.82) is 0 Å². The molecule has 16 heavy (non-hydrogen) atoms. The van der Waals surface area contributed by atoms with Crippen LogP contribution in [0.15, 0.2) is 28.7 Å². The van der Waals surface area contributed by atoms with Crippen LogP contribution in [-0.4, -0.2) is 10.7 Å². The summed E-state index contributed by atoms with van der Waals surface area (Å²) in [5.41, 5.74) is 0.478. The molecular formula is C11H9NO4. The topological polar surface area (TPSA) is 73.3 Å². The summed E-state index contributed by atoms with van der Waals surface area (Å²) in [6.07, 6.45) is 0.349. The number of hydrogen-bond acceptors (Lipinski definition) is 4. The molecule has 1 aromatic heterocycles. The van der Waals surface area contributed by atoms with Gasteiger partial charge in [0.25, 0.3) is 5.69 Å². The van der Waals surface area contributed by atoms with E-state index in [1.54, 1.807) is 6.92 Å². The van der Waals surface area contributed by atoms with Gasteiger partial charge in [-0.1, -0.05) is 6.92 Å². The van der Waals surface area contributed by atoms with Crippen molar-refractivity contribution < 1.29 is 14.1 Å². The predicted octanol–water partition coefficient (Wildman–Crippen LogP) is 2.93. The number of furan rings is 1. The molecule has 1 heterocycles. The highest BCUT2D eigenvalue weighted by atomic mass is 16.6. The zero-order valence-corrected chi connectivity index (χ0v) is 8.60. The van der Waals surface area contributed by atoms with E-state index < -0.39 is 4.92 Å². The Bertz CT molecular complexity index is 570. The molecular weight excluding hydrogens is 210 g/mol. The van der Waals surface area contributed by atoms with Gasteiger partial charge in [0.15, 0.2) is 11.5 Å². The Kier molecular flexibility index (Phi) is 2.44. The summed E-state index contributed by atoms with van der Waals surface area (Å²) in [6, 6.07) is 5.78. The summed E-state index contributed by atoms with van der Waals surface area (Å²) < 4.78 is 5.28. The van der Waals surface area contributed by atoms with Gasteiger partial charge in [0.1, 0.15) is 5.58 Å². The molecule has 5 nitrogen and oxygen atoms in total. The lowest BCUT2D eigenvalue weighted by molar-refractivity contribution is -0.384. The molecule has 2 rings (SSSR count). The molecule has 0 aliphatic heterocycles. The number of nitro benzene ring substituents is 1. The average molecular weight is 219 g/mol. The normalized spacial score (nSPS) is 10.6. The smallest absolute Gasteiger partial charge is 0.270 e. The Morgan fingerprint density at radius 1 is 1.44 bits per heavy atom. The number of rotatable bonds is 3. The minimum atomic E-state index is -0.478. The summed E-state index contributed by atoms with van der Waals surface area (Å²) >= 11 is 0. The van der Waals surface area contributed by atoms with E-state index in [0.717, 1.165) is 0 Å².